The van der Waals surface area contributed by atoms with E-state index in [0.717, 1.165) is 0 Å². The second-order valence-electron chi connectivity index (χ2n) is 8.97. The fourth-order valence-corrected chi connectivity index (χ4v) is 4.04. The van der Waals surface area contributed by atoms with Gasteiger partial charge in [0.25, 0.3) is 0 Å². The topological polar surface area (TPSA) is 0 Å². The number of rotatable bonds is 5. The van der Waals surface area contributed by atoms with Crippen LogP contribution >= 0.6 is 0 Å². The molecule has 0 aliphatic carbocycles. The van der Waals surface area contributed by atoms with Gasteiger partial charge in [-0.05, 0) is 23.3 Å². The maximum Gasteiger partial charge on any atom is 0.200 e. The highest BCUT2D eigenvalue weighted by molar-refractivity contribution is 6.16. The third-order valence-electron chi connectivity index (χ3n) is 6.31. The van der Waals surface area contributed by atoms with Crippen LogP contribution in [0.2, 0.25) is 0 Å². The van der Waals surface area contributed by atoms with E-state index in [2.05, 4.69) is 0 Å². The van der Waals surface area contributed by atoms with Crippen molar-refractivity contribution in [2.45, 2.75) is 0 Å². The Balaban J connectivity index is 2.43. The molecule has 0 aliphatic heterocycles. The first-order valence-electron chi connectivity index (χ1n) is 11.7. The highest BCUT2D eigenvalue weighted by Gasteiger charge is 2.36. The average Bonchev–Trinajstić information content (AvgIpc) is 3.06. The number of hydrogen-bond donors (Lipinski definition) is 0. The van der Waals surface area contributed by atoms with E-state index in [1.54, 1.807) is 0 Å². The normalized spacial score (nSPS) is 12.4. The lowest BCUT2D eigenvalue weighted by atomic mass is 9.87. The van der Waals surface area contributed by atoms with Crippen molar-refractivity contribution >= 4 is 23.3 Å². The summed E-state index contributed by atoms with van der Waals surface area (Å²) >= 11 is 0. The molecule has 0 aliphatic rings. The second kappa shape index (κ2) is 12.5. The Hall–Kier alpha value is -5.04. The fourth-order valence-electron chi connectivity index (χ4n) is 4.04. The van der Waals surface area contributed by atoms with Gasteiger partial charge in [-0.25, -0.2) is 87.8 Å². The first kappa shape index (κ1) is 35.8. The van der Waals surface area contributed by atoms with Crippen molar-refractivity contribution in [3.05, 3.63) is 139 Å². The van der Waals surface area contributed by atoms with Crippen molar-refractivity contribution in [2.24, 2.45) is 0 Å². The second-order valence-corrected chi connectivity index (χ2v) is 8.97. The molecule has 0 aromatic heterocycles. The Labute approximate surface area is 250 Å². The smallest absolute Gasteiger partial charge is 0.200 e. The Morgan fingerprint density at radius 3 is 0.542 bits per heavy atom. The van der Waals surface area contributed by atoms with E-state index >= 15 is 17.6 Å². The fraction of sp³-hybridized carbons (Fsp3) is 0. The van der Waals surface area contributed by atoms with Crippen molar-refractivity contribution in [2.75, 3.05) is 0 Å². The predicted octanol–water partition coefficient (Wildman–Crippen LogP) is 10.2. The first-order chi connectivity index (χ1) is 22.2. The quantitative estimate of drug-likeness (QED) is 0.0634. The molecule has 0 heterocycles. The van der Waals surface area contributed by atoms with Gasteiger partial charge in [-0.3, -0.25) is 0 Å². The number of halogens is 20. The van der Waals surface area contributed by atoms with Gasteiger partial charge in [-0.1, -0.05) is 0 Å². The maximum atomic E-state index is 15.1. The van der Waals surface area contributed by atoms with Crippen molar-refractivity contribution < 1.29 is 87.8 Å². The summed E-state index contributed by atoms with van der Waals surface area (Å²) in [5.74, 6) is -61.6. The van der Waals surface area contributed by atoms with E-state index in [9.17, 15) is 70.2 Å². The summed E-state index contributed by atoms with van der Waals surface area (Å²) in [4.78, 5) is 0. The first-order valence-corrected chi connectivity index (χ1v) is 11.7. The van der Waals surface area contributed by atoms with E-state index in [1.165, 1.54) is 0 Å². The molecule has 0 spiro atoms. The van der Waals surface area contributed by atoms with Gasteiger partial charge in [-0.2, -0.15) is 0 Å². The summed E-state index contributed by atoms with van der Waals surface area (Å²) in [5, 5.41) is 0. The van der Waals surface area contributed by atoms with Gasteiger partial charge in [0.2, 0.25) is 23.3 Å². The summed E-state index contributed by atoms with van der Waals surface area (Å²) in [6.45, 7) is 0. The van der Waals surface area contributed by atoms with Gasteiger partial charge in [0, 0.05) is 0 Å². The molecule has 0 nitrogen and oxygen atoms in total. The molecule has 0 unspecified atom stereocenters. The van der Waals surface area contributed by atoms with Crippen LogP contribution in [0, 0.1) is 116 Å². The Morgan fingerprint density at radius 2 is 0.354 bits per heavy atom. The lowest BCUT2D eigenvalue weighted by molar-refractivity contribution is 0.375. The minimum absolute atomic E-state index is 0.940. The molecule has 0 bridgehead atoms. The minimum Gasteiger partial charge on any atom is -0.203 e. The molecular weight excluding hydrogens is 716 g/mol. The van der Waals surface area contributed by atoms with Crippen LogP contribution in [0.1, 0.15) is 22.3 Å². The summed E-state index contributed by atoms with van der Waals surface area (Å²) in [7, 11) is 0. The zero-order valence-electron chi connectivity index (χ0n) is 21.7. The van der Waals surface area contributed by atoms with Gasteiger partial charge in [0.15, 0.2) is 93.1 Å². The Kier molecular flexibility index (Phi) is 9.35. The lowest BCUT2D eigenvalue weighted by Gasteiger charge is -2.19. The van der Waals surface area contributed by atoms with E-state index in [-0.39, 0.29) is 0 Å². The summed E-state index contributed by atoms with van der Waals surface area (Å²) in [6.07, 6.45) is -1.88. The molecule has 254 valence electrons. The third kappa shape index (κ3) is 5.31. The zero-order valence-corrected chi connectivity index (χ0v) is 21.7. The van der Waals surface area contributed by atoms with Gasteiger partial charge >= 0.3 is 0 Å². The summed E-state index contributed by atoms with van der Waals surface area (Å²) in [6, 6.07) is 0. The Bertz CT molecular complexity index is 1860. The van der Waals surface area contributed by atoms with E-state index in [1.807, 2.05) is 0 Å². The molecule has 0 N–H and O–H groups in total. The van der Waals surface area contributed by atoms with Crippen LogP contribution in [0.15, 0.2) is 0 Å². The molecule has 48 heavy (non-hydrogen) atoms. The molecule has 0 fully saturated rings. The van der Waals surface area contributed by atoms with Crippen molar-refractivity contribution in [1.82, 2.24) is 0 Å². The predicted molar refractivity (Wildman–Crippen MR) is 121 cm³/mol. The highest BCUT2D eigenvalue weighted by atomic mass is 19.2. The molecule has 20 heteroatoms. The third-order valence-corrected chi connectivity index (χ3v) is 6.31. The van der Waals surface area contributed by atoms with Crippen molar-refractivity contribution in [3.8, 4) is 0 Å². The van der Waals surface area contributed by atoms with Crippen molar-refractivity contribution in [3.63, 3.8) is 0 Å². The van der Waals surface area contributed by atoms with Gasteiger partial charge in [0.05, 0.1) is 22.3 Å². The molecule has 0 amide bonds. The maximum absolute atomic E-state index is 15.1. The van der Waals surface area contributed by atoms with Crippen LogP contribution in [0.25, 0.3) is 23.3 Å². The van der Waals surface area contributed by atoms with Crippen LogP contribution < -0.4 is 0 Å². The monoisotopic (exact) mass is 718 g/mol. The number of benzene rings is 4. The van der Waals surface area contributed by atoms with Gasteiger partial charge in [0.1, 0.15) is 0 Å². The van der Waals surface area contributed by atoms with Gasteiger partial charge < -0.3 is 0 Å². The van der Waals surface area contributed by atoms with Crippen LogP contribution in [-0.4, -0.2) is 0 Å². The van der Waals surface area contributed by atoms with Crippen LogP contribution in [0.4, 0.5) is 87.8 Å². The zero-order chi connectivity index (χ0) is 36.4. The Morgan fingerprint density at radius 1 is 0.208 bits per heavy atom. The molecule has 4 rings (SSSR count). The van der Waals surface area contributed by atoms with Crippen LogP contribution in [-0.2, 0) is 0 Å². The van der Waals surface area contributed by atoms with Crippen molar-refractivity contribution in [1.29, 1.82) is 0 Å². The highest BCUT2D eigenvalue weighted by Crippen LogP contribution is 2.44. The lowest BCUT2D eigenvalue weighted by Crippen LogP contribution is -2.12. The minimum atomic E-state index is -3.19. The van der Waals surface area contributed by atoms with Crippen LogP contribution in [0.5, 0.6) is 0 Å². The molecule has 4 aromatic rings. The van der Waals surface area contributed by atoms with Crippen LogP contribution in [0.3, 0.4) is 0 Å². The van der Waals surface area contributed by atoms with E-state index < -0.39 is 162 Å². The average molecular weight is 718 g/mol. The standard InChI is InChI=1S/C28H2F20/c29-9-5(10(30)18(38)25(45)17(9)37)1-3(7-13(33)21(41)27(47)22(42)14(7)34)4(8-15(35)23(43)28(48)24(44)16(8)36)2-6-11(31)19(39)26(46)20(40)12(6)32/h1-2H. The molecule has 0 saturated heterocycles. The SMILES string of the molecule is Fc1c(F)c(F)c(C=C(C(=Cc2c(F)c(F)c(F)c(F)c2F)c2c(F)c(F)c(F)c(F)c2F)c2c(F)c(F)c(F)c(F)c2F)c(F)c1F. The largest absolute Gasteiger partial charge is 0.203 e. The molecule has 0 saturated carbocycles. The number of allylic oxidation sites excluding steroid dienone is 2. The number of hydrogen-bond acceptors (Lipinski definition) is 0. The van der Waals surface area contributed by atoms with Gasteiger partial charge in [-0.15, -0.1) is 0 Å². The summed E-state index contributed by atoms with van der Waals surface area (Å²) in [5.41, 5.74) is -15.9. The van der Waals surface area contributed by atoms with E-state index in [4.69, 9.17) is 0 Å². The summed E-state index contributed by atoms with van der Waals surface area (Å²) < 4.78 is 287. The van der Waals surface area contributed by atoms with E-state index in [0.29, 0.717) is 0 Å². The molecule has 0 radical (unpaired) electrons. The molecular formula is C28H2F20. The molecule has 4 aromatic carbocycles. The molecule has 0 atom stereocenters.